The van der Waals surface area contributed by atoms with Crippen LogP contribution in [0.15, 0.2) is 18.2 Å². The van der Waals surface area contributed by atoms with Crippen LogP contribution in [0.2, 0.25) is 5.02 Å². The number of anilines is 1. The van der Waals surface area contributed by atoms with E-state index in [-0.39, 0.29) is 18.0 Å². The van der Waals surface area contributed by atoms with Gasteiger partial charge in [0, 0.05) is 17.6 Å². The quantitative estimate of drug-likeness (QED) is 0.931. The Balaban J connectivity index is 2.30. The number of carbonyl (C=O) groups is 1. The molecule has 106 valence electrons. The molecule has 1 aromatic carbocycles. The minimum Gasteiger partial charge on any atom is -0.310 e. The van der Waals surface area contributed by atoms with E-state index in [4.69, 9.17) is 11.6 Å². The van der Waals surface area contributed by atoms with E-state index >= 15 is 0 Å². The number of hydrogen-bond acceptors (Lipinski definition) is 3. The fraction of sp³-hybridized carbons (Fsp3) is 0.467. The van der Waals surface area contributed by atoms with E-state index in [1.807, 2.05) is 13.8 Å². The zero-order valence-corrected chi connectivity index (χ0v) is 12.4. The normalized spacial score (nSPS) is 19.2. The second-order valence-corrected chi connectivity index (χ2v) is 5.72. The van der Waals surface area contributed by atoms with Crippen LogP contribution in [0.25, 0.3) is 0 Å². The van der Waals surface area contributed by atoms with Crippen LogP contribution >= 0.6 is 11.6 Å². The molecule has 1 fully saturated rings. The first-order chi connectivity index (χ1) is 9.52. The topological polar surface area (TPSA) is 56.1 Å². The molecule has 1 N–H and O–H groups in total. The van der Waals surface area contributed by atoms with Crippen LogP contribution < -0.4 is 10.2 Å². The van der Waals surface area contributed by atoms with Crippen molar-refractivity contribution in [3.63, 3.8) is 0 Å². The molecule has 1 aliphatic heterocycles. The van der Waals surface area contributed by atoms with Gasteiger partial charge in [0.05, 0.1) is 17.3 Å². The number of amides is 1. The highest BCUT2D eigenvalue weighted by molar-refractivity contribution is 6.31. The first kappa shape index (κ1) is 14.8. The molecule has 0 aliphatic carbocycles. The number of nitrogens with one attached hydrogen (secondary N) is 1. The molecule has 2 rings (SSSR count). The Morgan fingerprint density at radius 2 is 2.25 bits per heavy atom. The lowest BCUT2D eigenvalue weighted by Crippen LogP contribution is -2.52. The van der Waals surface area contributed by atoms with Gasteiger partial charge < -0.3 is 10.2 Å². The van der Waals surface area contributed by atoms with Crippen molar-refractivity contribution in [3.8, 4) is 6.07 Å². The van der Waals surface area contributed by atoms with Crippen molar-refractivity contribution in [1.29, 1.82) is 5.26 Å². The molecule has 1 saturated heterocycles. The van der Waals surface area contributed by atoms with E-state index in [2.05, 4.69) is 11.4 Å². The fourth-order valence-corrected chi connectivity index (χ4v) is 2.66. The van der Waals surface area contributed by atoms with E-state index in [0.29, 0.717) is 22.8 Å². The van der Waals surface area contributed by atoms with Crippen LogP contribution in [0.5, 0.6) is 0 Å². The summed E-state index contributed by atoms with van der Waals surface area (Å²) < 4.78 is 0. The van der Waals surface area contributed by atoms with E-state index in [1.165, 1.54) is 0 Å². The summed E-state index contributed by atoms with van der Waals surface area (Å²) in [6.45, 7) is 4.67. The predicted octanol–water partition coefficient (Wildman–Crippen LogP) is 2.71. The molecule has 1 unspecified atom stereocenters. The van der Waals surface area contributed by atoms with Crippen molar-refractivity contribution in [2.45, 2.75) is 38.8 Å². The highest BCUT2D eigenvalue weighted by atomic mass is 35.5. The van der Waals surface area contributed by atoms with Crippen LogP contribution in [0.1, 0.15) is 32.3 Å². The average Bonchev–Trinajstić information content (AvgIpc) is 2.40. The molecule has 0 bridgehead atoms. The largest absolute Gasteiger partial charge is 0.310 e. The van der Waals surface area contributed by atoms with Crippen LogP contribution in [-0.2, 0) is 4.79 Å². The maximum atomic E-state index is 12.6. The molecule has 1 aromatic rings. The van der Waals surface area contributed by atoms with Crippen molar-refractivity contribution in [2.75, 3.05) is 11.4 Å². The Bertz CT molecular complexity index is 551. The third-order valence-electron chi connectivity index (χ3n) is 3.34. The van der Waals surface area contributed by atoms with Gasteiger partial charge in [-0.1, -0.05) is 25.4 Å². The summed E-state index contributed by atoms with van der Waals surface area (Å²) >= 11 is 6.00. The SMILES string of the molecule is CC(C)NC1CCCN(c2cc(Cl)ccc2C#N)C1=O. The summed E-state index contributed by atoms with van der Waals surface area (Å²) in [7, 11) is 0. The molecular weight excluding hydrogens is 274 g/mol. The lowest BCUT2D eigenvalue weighted by molar-refractivity contribution is -0.121. The van der Waals surface area contributed by atoms with Gasteiger partial charge >= 0.3 is 0 Å². The Hall–Kier alpha value is -1.57. The summed E-state index contributed by atoms with van der Waals surface area (Å²) in [5.41, 5.74) is 1.09. The molecule has 1 aliphatic rings. The van der Waals surface area contributed by atoms with Gasteiger partial charge in [0.1, 0.15) is 6.07 Å². The number of benzene rings is 1. The first-order valence-corrected chi connectivity index (χ1v) is 7.18. The van der Waals surface area contributed by atoms with Crippen molar-refractivity contribution in [3.05, 3.63) is 28.8 Å². The van der Waals surface area contributed by atoms with Crippen LogP contribution in [-0.4, -0.2) is 24.5 Å². The molecule has 0 radical (unpaired) electrons. The fourth-order valence-electron chi connectivity index (χ4n) is 2.49. The van der Waals surface area contributed by atoms with Crippen LogP contribution in [0.3, 0.4) is 0 Å². The number of rotatable bonds is 3. The summed E-state index contributed by atoms with van der Waals surface area (Å²) in [6.07, 6.45) is 1.74. The highest BCUT2D eigenvalue weighted by Crippen LogP contribution is 2.28. The molecule has 20 heavy (non-hydrogen) atoms. The number of piperidine rings is 1. The Morgan fingerprint density at radius 3 is 2.90 bits per heavy atom. The Morgan fingerprint density at radius 1 is 1.50 bits per heavy atom. The molecule has 0 aromatic heterocycles. The van der Waals surface area contributed by atoms with Gasteiger partial charge in [-0.25, -0.2) is 0 Å². The maximum absolute atomic E-state index is 12.6. The third kappa shape index (κ3) is 3.12. The molecular formula is C15H18ClN3O. The summed E-state index contributed by atoms with van der Waals surface area (Å²) in [6, 6.07) is 7.20. The zero-order valence-electron chi connectivity index (χ0n) is 11.7. The van der Waals surface area contributed by atoms with Gasteiger partial charge in [-0.3, -0.25) is 4.79 Å². The Kier molecular flexibility index (Phi) is 4.64. The van der Waals surface area contributed by atoms with Gasteiger partial charge in [-0.05, 0) is 31.0 Å². The lowest BCUT2D eigenvalue weighted by Gasteiger charge is -2.34. The smallest absolute Gasteiger partial charge is 0.244 e. The second kappa shape index (κ2) is 6.25. The number of carbonyl (C=O) groups excluding carboxylic acids is 1. The molecule has 1 heterocycles. The second-order valence-electron chi connectivity index (χ2n) is 5.28. The number of hydrogen-bond donors (Lipinski definition) is 1. The molecule has 4 nitrogen and oxygen atoms in total. The minimum atomic E-state index is -0.186. The number of nitrogens with zero attached hydrogens (tertiary/aromatic N) is 2. The monoisotopic (exact) mass is 291 g/mol. The van der Waals surface area contributed by atoms with Gasteiger partial charge in [0.15, 0.2) is 0 Å². The molecule has 5 heteroatoms. The van der Waals surface area contributed by atoms with Crippen LogP contribution in [0, 0.1) is 11.3 Å². The summed E-state index contributed by atoms with van der Waals surface area (Å²) in [5, 5.41) is 13.0. The van der Waals surface area contributed by atoms with Gasteiger partial charge in [-0.15, -0.1) is 0 Å². The zero-order chi connectivity index (χ0) is 14.7. The van der Waals surface area contributed by atoms with Crippen molar-refractivity contribution >= 4 is 23.2 Å². The summed E-state index contributed by atoms with van der Waals surface area (Å²) in [4.78, 5) is 14.2. The van der Waals surface area contributed by atoms with Crippen molar-refractivity contribution in [1.82, 2.24) is 5.32 Å². The van der Waals surface area contributed by atoms with Crippen molar-refractivity contribution in [2.24, 2.45) is 0 Å². The standard InChI is InChI=1S/C15H18ClN3O/c1-10(2)18-13-4-3-7-19(15(13)20)14-8-12(16)6-5-11(14)9-17/h5-6,8,10,13,18H,3-4,7H2,1-2H3. The van der Waals surface area contributed by atoms with Gasteiger partial charge in [0.2, 0.25) is 5.91 Å². The van der Waals surface area contributed by atoms with Gasteiger partial charge in [0.25, 0.3) is 0 Å². The average molecular weight is 292 g/mol. The Labute approximate surface area is 124 Å². The minimum absolute atomic E-state index is 0.0173. The predicted molar refractivity (Wildman–Crippen MR) is 79.8 cm³/mol. The van der Waals surface area contributed by atoms with Crippen molar-refractivity contribution < 1.29 is 4.79 Å². The first-order valence-electron chi connectivity index (χ1n) is 6.80. The summed E-state index contributed by atoms with van der Waals surface area (Å²) in [5.74, 6) is 0.0173. The van der Waals surface area contributed by atoms with E-state index in [9.17, 15) is 10.1 Å². The van der Waals surface area contributed by atoms with Gasteiger partial charge in [-0.2, -0.15) is 5.26 Å². The van der Waals surface area contributed by atoms with E-state index < -0.39 is 0 Å². The molecule has 1 atom stereocenters. The van der Waals surface area contributed by atoms with E-state index in [0.717, 1.165) is 12.8 Å². The molecule has 0 spiro atoms. The third-order valence-corrected chi connectivity index (χ3v) is 3.58. The number of halogens is 1. The van der Waals surface area contributed by atoms with Crippen LogP contribution in [0.4, 0.5) is 5.69 Å². The number of nitriles is 1. The maximum Gasteiger partial charge on any atom is 0.244 e. The van der Waals surface area contributed by atoms with E-state index in [1.54, 1.807) is 23.1 Å². The molecule has 1 amide bonds. The molecule has 0 saturated carbocycles. The highest BCUT2D eigenvalue weighted by Gasteiger charge is 2.31. The lowest BCUT2D eigenvalue weighted by atomic mass is 10.0.